The van der Waals surface area contributed by atoms with Crippen LogP contribution in [0.4, 0.5) is 0 Å². The summed E-state index contributed by atoms with van der Waals surface area (Å²) in [6, 6.07) is 22.4. The molecule has 1 heterocycles. The first-order chi connectivity index (χ1) is 15.9. The average Bonchev–Trinajstić information content (AvgIpc) is 2.84. The van der Waals surface area contributed by atoms with Crippen molar-refractivity contribution in [1.29, 1.82) is 0 Å². The zero-order valence-electron chi connectivity index (χ0n) is 17.7. The van der Waals surface area contributed by atoms with Crippen LogP contribution in [0.3, 0.4) is 0 Å². The van der Waals surface area contributed by atoms with Crippen molar-refractivity contribution in [3.05, 3.63) is 90.0 Å². The topological polar surface area (TPSA) is 105 Å². The molecule has 9 heteroatoms. The van der Waals surface area contributed by atoms with Gasteiger partial charge in [0.15, 0.2) is 0 Å². The van der Waals surface area contributed by atoms with Crippen LogP contribution in [0.2, 0.25) is 0 Å². The molecule has 3 aromatic carbocycles. The maximum Gasteiger partial charge on any atom is 0.251 e. The standard InChI is InChI=1S/C24H23N3O5S/c28-23-17-27(15-14-25-23)33(30,31)21-12-10-18(11-13-21)24(29)26-16-19-6-4-5-9-22(19)32-20-7-2-1-3-8-20/h1-13H,14-17H2,(H,25,28)(H,26,29). The Morgan fingerprint density at radius 2 is 1.67 bits per heavy atom. The van der Waals surface area contributed by atoms with E-state index < -0.39 is 10.0 Å². The van der Waals surface area contributed by atoms with E-state index in [1.165, 1.54) is 24.3 Å². The van der Waals surface area contributed by atoms with Crippen LogP contribution in [0, 0.1) is 0 Å². The van der Waals surface area contributed by atoms with Gasteiger partial charge in [-0.25, -0.2) is 8.42 Å². The molecule has 170 valence electrons. The molecule has 0 aromatic heterocycles. The number of amides is 2. The number of benzene rings is 3. The van der Waals surface area contributed by atoms with Gasteiger partial charge in [-0.3, -0.25) is 9.59 Å². The Morgan fingerprint density at radius 3 is 2.39 bits per heavy atom. The molecular formula is C24H23N3O5S. The van der Waals surface area contributed by atoms with Crippen LogP contribution in [-0.4, -0.2) is 44.2 Å². The van der Waals surface area contributed by atoms with Gasteiger partial charge in [0.1, 0.15) is 11.5 Å². The van der Waals surface area contributed by atoms with E-state index in [1.54, 1.807) is 0 Å². The Balaban J connectivity index is 1.41. The molecule has 1 fully saturated rings. The number of ether oxygens (including phenoxy) is 1. The highest BCUT2D eigenvalue weighted by Gasteiger charge is 2.29. The molecule has 33 heavy (non-hydrogen) atoms. The van der Waals surface area contributed by atoms with E-state index in [9.17, 15) is 18.0 Å². The fourth-order valence-corrected chi connectivity index (χ4v) is 4.79. The van der Waals surface area contributed by atoms with E-state index in [2.05, 4.69) is 10.6 Å². The fraction of sp³-hybridized carbons (Fsp3) is 0.167. The number of hydrogen-bond donors (Lipinski definition) is 2. The molecule has 0 spiro atoms. The smallest absolute Gasteiger partial charge is 0.251 e. The van der Waals surface area contributed by atoms with Crippen LogP contribution in [0.5, 0.6) is 11.5 Å². The number of rotatable bonds is 7. The highest BCUT2D eigenvalue weighted by Crippen LogP contribution is 2.25. The van der Waals surface area contributed by atoms with Crippen LogP contribution in [0.1, 0.15) is 15.9 Å². The Hall–Kier alpha value is -3.69. The molecule has 0 atom stereocenters. The second-order valence-electron chi connectivity index (χ2n) is 7.42. The maximum atomic E-state index is 12.7. The van der Waals surface area contributed by atoms with Crippen molar-refractivity contribution in [2.75, 3.05) is 19.6 Å². The Kier molecular flexibility index (Phi) is 6.71. The van der Waals surface area contributed by atoms with Crippen LogP contribution in [-0.2, 0) is 21.4 Å². The molecule has 2 amide bonds. The summed E-state index contributed by atoms with van der Waals surface area (Å²) < 4.78 is 32.5. The number of sulfonamides is 1. The first kappa shape index (κ1) is 22.5. The van der Waals surface area contributed by atoms with E-state index in [-0.39, 0.29) is 42.9 Å². The van der Waals surface area contributed by atoms with Crippen LogP contribution >= 0.6 is 0 Å². The number of nitrogens with zero attached hydrogens (tertiary/aromatic N) is 1. The molecular weight excluding hydrogens is 442 g/mol. The molecule has 1 saturated heterocycles. The Labute approximate surface area is 192 Å². The minimum Gasteiger partial charge on any atom is -0.457 e. The van der Waals surface area contributed by atoms with Gasteiger partial charge in [0.05, 0.1) is 11.4 Å². The molecule has 8 nitrogen and oxygen atoms in total. The number of hydrogen-bond acceptors (Lipinski definition) is 5. The predicted molar refractivity (Wildman–Crippen MR) is 122 cm³/mol. The van der Waals surface area contributed by atoms with Gasteiger partial charge in [-0.15, -0.1) is 0 Å². The van der Waals surface area contributed by atoms with E-state index in [1.807, 2.05) is 54.6 Å². The normalized spacial score (nSPS) is 14.4. The summed E-state index contributed by atoms with van der Waals surface area (Å²) in [5, 5.41) is 5.43. The summed E-state index contributed by atoms with van der Waals surface area (Å²) >= 11 is 0. The lowest BCUT2D eigenvalue weighted by molar-refractivity contribution is -0.122. The highest BCUT2D eigenvalue weighted by molar-refractivity contribution is 7.89. The summed E-state index contributed by atoms with van der Waals surface area (Å²) in [5.74, 6) is 0.651. The summed E-state index contributed by atoms with van der Waals surface area (Å²) in [6.45, 7) is 0.509. The van der Waals surface area contributed by atoms with Crippen molar-refractivity contribution >= 4 is 21.8 Å². The Bertz CT molecular complexity index is 1240. The van der Waals surface area contributed by atoms with Gasteiger partial charge in [-0.2, -0.15) is 4.31 Å². The van der Waals surface area contributed by atoms with Crippen molar-refractivity contribution in [2.45, 2.75) is 11.4 Å². The molecule has 0 saturated carbocycles. The lowest BCUT2D eigenvalue weighted by Crippen LogP contribution is -2.49. The van der Waals surface area contributed by atoms with Crippen molar-refractivity contribution in [2.24, 2.45) is 0 Å². The molecule has 4 rings (SSSR count). The first-order valence-corrected chi connectivity index (χ1v) is 11.8. The zero-order chi connectivity index (χ0) is 23.3. The average molecular weight is 466 g/mol. The van der Waals surface area contributed by atoms with Crippen molar-refractivity contribution in [1.82, 2.24) is 14.9 Å². The summed E-state index contributed by atoms with van der Waals surface area (Å²) in [5.41, 5.74) is 1.13. The fourth-order valence-electron chi connectivity index (χ4n) is 3.39. The number of piperazine rings is 1. The van der Waals surface area contributed by atoms with Crippen LogP contribution < -0.4 is 15.4 Å². The van der Waals surface area contributed by atoms with Gasteiger partial charge in [0.25, 0.3) is 5.91 Å². The van der Waals surface area contributed by atoms with E-state index in [4.69, 9.17) is 4.74 Å². The van der Waals surface area contributed by atoms with E-state index in [0.717, 1.165) is 9.87 Å². The molecule has 0 radical (unpaired) electrons. The maximum absolute atomic E-state index is 12.7. The minimum absolute atomic E-state index is 0.0374. The quantitative estimate of drug-likeness (QED) is 0.558. The number of carbonyl (C=O) groups excluding carboxylic acids is 2. The van der Waals surface area contributed by atoms with Crippen molar-refractivity contribution in [3.63, 3.8) is 0 Å². The predicted octanol–water partition coefficient (Wildman–Crippen LogP) is 2.53. The van der Waals surface area contributed by atoms with Gasteiger partial charge in [0, 0.05) is 30.8 Å². The number of carbonyl (C=O) groups is 2. The molecule has 2 N–H and O–H groups in total. The second kappa shape index (κ2) is 9.85. The molecule has 1 aliphatic heterocycles. The molecule has 3 aromatic rings. The lowest BCUT2D eigenvalue weighted by Gasteiger charge is -2.25. The third-order valence-electron chi connectivity index (χ3n) is 5.14. The van der Waals surface area contributed by atoms with E-state index >= 15 is 0 Å². The monoisotopic (exact) mass is 465 g/mol. The van der Waals surface area contributed by atoms with Gasteiger partial charge in [0.2, 0.25) is 15.9 Å². The van der Waals surface area contributed by atoms with Gasteiger partial charge >= 0.3 is 0 Å². The largest absolute Gasteiger partial charge is 0.457 e. The van der Waals surface area contributed by atoms with Gasteiger partial charge in [-0.1, -0.05) is 36.4 Å². The number of nitrogens with one attached hydrogen (secondary N) is 2. The third-order valence-corrected chi connectivity index (χ3v) is 7.00. The summed E-state index contributed by atoms with van der Waals surface area (Å²) in [4.78, 5) is 24.2. The van der Waals surface area contributed by atoms with Crippen LogP contribution in [0.15, 0.2) is 83.8 Å². The molecule has 0 unspecified atom stereocenters. The third kappa shape index (κ3) is 5.39. The number of para-hydroxylation sites is 2. The van der Waals surface area contributed by atoms with Crippen LogP contribution in [0.25, 0.3) is 0 Å². The molecule has 0 bridgehead atoms. The van der Waals surface area contributed by atoms with Crippen molar-refractivity contribution < 1.29 is 22.7 Å². The summed E-state index contributed by atoms with van der Waals surface area (Å²) in [6.07, 6.45) is 0. The van der Waals surface area contributed by atoms with Gasteiger partial charge < -0.3 is 15.4 Å². The molecule has 1 aliphatic rings. The highest BCUT2D eigenvalue weighted by atomic mass is 32.2. The Morgan fingerprint density at radius 1 is 0.970 bits per heavy atom. The zero-order valence-corrected chi connectivity index (χ0v) is 18.5. The second-order valence-corrected chi connectivity index (χ2v) is 9.36. The minimum atomic E-state index is -3.80. The summed E-state index contributed by atoms with van der Waals surface area (Å²) in [7, 11) is -3.80. The van der Waals surface area contributed by atoms with Crippen molar-refractivity contribution in [3.8, 4) is 11.5 Å². The SMILES string of the molecule is O=C1CN(S(=O)(=O)c2ccc(C(=O)NCc3ccccc3Oc3ccccc3)cc2)CCN1. The molecule has 0 aliphatic carbocycles. The van der Waals surface area contributed by atoms with Gasteiger partial charge in [-0.05, 0) is 42.5 Å². The van der Waals surface area contributed by atoms with E-state index in [0.29, 0.717) is 17.1 Å². The lowest BCUT2D eigenvalue weighted by atomic mass is 10.1. The first-order valence-electron chi connectivity index (χ1n) is 10.4.